The van der Waals surface area contributed by atoms with Gasteiger partial charge in [0.2, 0.25) is 0 Å². The number of amides is 1. The third-order valence-electron chi connectivity index (χ3n) is 4.86. The van der Waals surface area contributed by atoms with E-state index in [0.29, 0.717) is 39.3 Å². The fourth-order valence-electron chi connectivity index (χ4n) is 3.41. The fourth-order valence-corrected chi connectivity index (χ4v) is 3.41. The van der Waals surface area contributed by atoms with Crippen LogP contribution in [0.15, 0.2) is 71.8 Å². The monoisotopic (exact) mass is 396 g/mol. The first-order valence-electron chi connectivity index (χ1n) is 9.22. The third kappa shape index (κ3) is 2.96. The van der Waals surface area contributed by atoms with Crippen molar-refractivity contribution in [2.24, 2.45) is 0 Å². The molecule has 8 nitrogen and oxygen atoms in total. The van der Waals surface area contributed by atoms with Gasteiger partial charge in [-0.05, 0) is 36.4 Å². The van der Waals surface area contributed by atoms with Crippen LogP contribution in [0.2, 0.25) is 0 Å². The van der Waals surface area contributed by atoms with E-state index in [9.17, 15) is 9.59 Å². The summed E-state index contributed by atoms with van der Waals surface area (Å²) in [6, 6.07) is 15.9. The van der Waals surface area contributed by atoms with E-state index < -0.39 is 0 Å². The highest BCUT2D eigenvalue weighted by Crippen LogP contribution is 2.28. The molecule has 0 bridgehead atoms. The minimum atomic E-state index is -0.334. The number of carbonyl (C=O) groups is 1. The van der Waals surface area contributed by atoms with Gasteiger partial charge in [0.15, 0.2) is 0 Å². The van der Waals surface area contributed by atoms with Crippen molar-refractivity contribution in [3.63, 3.8) is 0 Å². The van der Waals surface area contributed by atoms with E-state index in [1.165, 1.54) is 0 Å². The second-order valence-electron chi connectivity index (χ2n) is 6.80. The Bertz CT molecular complexity index is 1470. The molecule has 2 aromatic carbocycles. The normalized spacial score (nSPS) is 11.1. The van der Waals surface area contributed by atoms with Crippen LogP contribution in [0, 0.1) is 0 Å². The Hall–Kier alpha value is -4.46. The van der Waals surface area contributed by atoms with Gasteiger partial charge in [0.05, 0.1) is 34.1 Å². The van der Waals surface area contributed by atoms with Crippen LogP contribution >= 0.6 is 0 Å². The van der Waals surface area contributed by atoms with Gasteiger partial charge in [0, 0.05) is 17.1 Å². The smallest absolute Gasteiger partial charge is 0.261 e. The van der Waals surface area contributed by atoms with Crippen LogP contribution in [-0.4, -0.2) is 25.8 Å². The number of nitrogens with zero attached hydrogens (tertiary/aromatic N) is 2. The van der Waals surface area contributed by atoms with E-state index in [-0.39, 0.29) is 17.0 Å². The number of para-hydroxylation sites is 1. The van der Waals surface area contributed by atoms with Gasteiger partial charge in [-0.25, -0.2) is 4.98 Å². The number of hydrogen-bond donors (Lipinski definition) is 4. The first kappa shape index (κ1) is 17.6. The third-order valence-corrected chi connectivity index (χ3v) is 4.86. The summed E-state index contributed by atoms with van der Waals surface area (Å²) in [5.74, 6) is 0.0726. The van der Waals surface area contributed by atoms with Gasteiger partial charge >= 0.3 is 0 Å². The molecule has 3 heterocycles. The molecule has 30 heavy (non-hydrogen) atoms. The van der Waals surface area contributed by atoms with E-state index in [1.807, 2.05) is 18.2 Å². The zero-order valence-corrected chi connectivity index (χ0v) is 15.6. The molecule has 0 saturated carbocycles. The number of anilines is 2. The number of aromatic amines is 2. The van der Waals surface area contributed by atoms with Gasteiger partial charge in [0.25, 0.3) is 11.5 Å². The molecule has 0 aliphatic carbocycles. The van der Waals surface area contributed by atoms with Gasteiger partial charge in [-0.2, -0.15) is 0 Å². The van der Waals surface area contributed by atoms with Crippen LogP contribution in [-0.2, 0) is 0 Å². The number of H-pyrrole nitrogens is 2. The lowest BCUT2D eigenvalue weighted by atomic mass is 10.1. The van der Waals surface area contributed by atoms with Crippen molar-refractivity contribution >= 4 is 39.2 Å². The number of carbonyl (C=O) groups excluding carboxylic acids is 1. The Labute approximate surface area is 169 Å². The minimum Gasteiger partial charge on any atom is -0.397 e. The Morgan fingerprint density at radius 1 is 1.00 bits per heavy atom. The van der Waals surface area contributed by atoms with Crippen LogP contribution in [0.5, 0.6) is 0 Å². The number of fused-ring (bicyclic) bond motifs is 2. The maximum Gasteiger partial charge on any atom is 0.261 e. The molecule has 0 fully saturated rings. The predicted molar refractivity (Wildman–Crippen MR) is 116 cm³/mol. The summed E-state index contributed by atoms with van der Waals surface area (Å²) in [5.41, 5.74) is 9.52. The zero-order valence-electron chi connectivity index (χ0n) is 15.6. The highest BCUT2D eigenvalue weighted by atomic mass is 16.1. The van der Waals surface area contributed by atoms with Crippen molar-refractivity contribution in [3.8, 4) is 11.4 Å². The number of imidazole rings is 1. The van der Waals surface area contributed by atoms with Crippen molar-refractivity contribution in [3.05, 3.63) is 82.9 Å². The number of pyridine rings is 2. The van der Waals surface area contributed by atoms with Crippen molar-refractivity contribution < 1.29 is 4.79 Å². The van der Waals surface area contributed by atoms with E-state index in [2.05, 4.69) is 25.3 Å². The summed E-state index contributed by atoms with van der Waals surface area (Å²) in [6.45, 7) is 0. The van der Waals surface area contributed by atoms with E-state index in [4.69, 9.17) is 5.73 Å². The molecular formula is C22H16N6O2. The Morgan fingerprint density at radius 2 is 1.87 bits per heavy atom. The second kappa shape index (κ2) is 6.85. The maximum absolute atomic E-state index is 12.6. The molecule has 5 rings (SSSR count). The minimum absolute atomic E-state index is 0.270. The molecule has 0 unspecified atom stereocenters. The molecule has 146 valence electrons. The maximum atomic E-state index is 12.6. The SMILES string of the molecule is Nc1c(-c2nc3ccc(C(=O)Nc4cccnc4)cc3[nH]2)c(=O)[nH]c2ccccc12. The first-order valence-corrected chi connectivity index (χ1v) is 9.22. The van der Waals surface area contributed by atoms with Crippen molar-refractivity contribution in [1.82, 2.24) is 19.9 Å². The summed E-state index contributed by atoms with van der Waals surface area (Å²) >= 11 is 0. The van der Waals surface area contributed by atoms with Crippen LogP contribution in [0.25, 0.3) is 33.3 Å². The highest BCUT2D eigenvalue weighted by molar-refractivity contribution is 6.06. The zero-order chi connectivity index (χ0) is 20.7. The average Bonchev–Trinajstić information content (AvgIpc) is 3.17. The largest absolute Gasteiger partial charge is 0.397 e. The first-order chi connectivity index (χ1) is 14.6. The van der Waals surface area contributed by atoms with Gasteiger partial charge in [0.1, 0.15) is 11.4 Å². The van der Waals surface area contributed by atoms with Crippen LogP contribution < -0.4 is 16.6 Å². The van der Waals surface area contributed by atoms with Crippen LogP contribution in [0.3, 0.4) is 0 Å². The van der Waals surface area contributed by atoms with Crippen LogP contribution in [0.4, 0.5) is 11.4 Å². The summed E-state index contributed by atoms with van der Waals surface area (Å²) in [4.78, 5) is 39.6. The van der Waals surface area contributed by atoms with Crippen LogP contribution in [0.1, 0.15) is 10.4 Å². The molecule has 0 aliphatic heterocycles. The quantitative estimate of drug-likeness (QED) is 0.372. The molecule has 0 atom stereocenters. The number of nitrogens with one attached hydrogen (secondary N) is 3. The predicted octanol–water partition coefficient (Wildman–Crippen LogP) is 3.30. The lowest BCUT2D eigenvalue weighted by Gasteiger charge is -2.06. The summed E-state index contributed by atoms with van der Waals surface area (Å²) in [7, 11) is 0. The van der Waals surface area contributed by atoms with E-state index in [1.54, 1.807) is 48.8 Å². The molecule has 1 amide bonds. The molecule has 5 aromatic rings. The number of benzene rings is 2. The molecule has 3 aromatic heterocycles. The topological polar surface area (TPSA) is 130 Å². The lowest BCUT2D eigenvalue weighted by Crippen LogP contribution is -2.13. The fraction of sp³-hybridized carbons (Fsp3) is 0. The summed E-state index contributed by atoms with van der Waals surface area (Å²) in [5, 5.41) is 3.53. The lowest BCUT2D eigenvalue weighted by molar-refractivity contribution is 0.102. The van der Waals surface area contributed by atoms with Gasteiger partial charge in [-0.1, -0.05) is 18.2 Å². The average molecular weight is 396 g/mol. The molecule has 0 spiro atoms. The number of hydrogen-bond acceptors (Lipinski definition) is 5. The Morgan fingerprint density at radius 3 is 2.70 bits per heavy atom. The van der Waals surface area contributed by atoms with Crippen molar-refractivity contribution in [2.45, 2.75) is 0 Å². The molecular weight excluding hydrogens is 380 g/mol. The Kier molecular flexibility index (Phi) is 4.03. The molecule has 8 heteroatoms. The van der Waals surface area contributed by atoms with Gasteiger partial charge < -0.3 is 21.0 Å². The standard InChI is InChI=1S/C22H16N6O2/c23-19-14-5-1-2-6-15(14)28-22(30)18(19)20-26-16-8-7-12(10-17(16)27-20)21(29)25-13-4-3-9-24-11-13/h1-11H,(H,25,29)(H,26,27)(H3,23,28,30). The molecule has 0 radical (unpaired) electrons. The van der Waals surface area contributed by atoms with Crippen molar-refractivity contribution in [2.75, 3.05) is 11.1 Å². The molecule has 0 saturated heterocycles. The van der Waals surface area contributed by atoms with Gasteiger partial charge in [-0.15, -0.1) is 0 Å². The van der Waals surface area contributed by atoms with E-state index in [0.717, 1.165) is 5.39 Å². The van der Waals surface area contributed by atoms with E-state index >= 15 is 0 Å². The number of aromatic nitrogens is 4. The number of nitrogens with two attached hydrogens (primary N) is 1. The highest BCUT2D eigenvalue weighted by Gasteiger charge is 2.16. The molecule has 5 N–H and O–H groups in total. The summed E-state index contributed by atoms with van der Waals surface area (Å²) < 4.78 is 0. The molecule has 0 aliphatic rings. The Balaban J connectivity index is 1.56. The number of rotatable bonds is 3. The summed E-state index contributed by atoms with van der Waals surface area (Å²) in [6.07, 6.45) is 3.20. The second-order valence-corrected chi connectivity index (χ2v) is 6.80. The number of nitrogen functional groups attached to an aromatic ring is 1. The van der Waals surface area contributed by atoms with Crippen molar-refractivity contribution in [1.29, 1.82) is 0 Å². The van der Waals surface area contributed by atoms with Gasteiger partial charge in [-0.3, -0.25) is 14.6 Å².